The van der Waals surface area contributed by atoms with Crippen molar-refractivity contribution in [2.24, 2.45) is 11.8 Å². The molecule has 0 spiro atoms. The first-order valence-electron chi connectivity index (χ1n) is 9.35. The summed E-state index contributed by atoms with van der Waals surface area (Å²) in [6, 6.07) is 5.46. The van der Waals surface area contributed by atoms with Gasteiger partial charge in [0, 0.05) is 57.1 Å². The Morgan fingerprint density at radius 2 is 1.77 bits per heavy atom. The summed E-state index contributed by atoms with van der Waals surface area (Å²) in [6.07, 6.45) is -1.36. The van der Waals surface area contributed by atoms with Gasteiger partial charge in [-0.05, 0) is 42.4 Å². The molecule has 3 aliphatic heterocycles. The van der Waals surface area contributed by atoms with Gasteiger partial charge < -0.3 is 19.7 Å². The molecule has 142 valence electrons. The minimum absolute atomic E-state index is 0.128. The molecule has 1 aromatic carbocycles. The maximum Gasteiger partial charge on any atom is 0.264 e. The first-order chi connectivity index (χ1) is 12.5. The molecule has 0 N–H and O–H groups in total. The van der Waals surface area contributed by atoms with Crippen molar-refractivity contribution in [2.45, 2.75) is 25.8 Å². The lowest BCUT2D eigenvalue weighted by molar-refractivity contribution is -0.264. The van der Waals surface area contributed by atoms with Crippen LogP contribution in [0.15, 0.2) is 18.2 Å². The molecular weight excluding hydrogens is 340 g/mol. The molecule has 2 atom stereocenters. The number of hydrogen-bond acceptors (Lipinski definition) is 4. The number of alkyl halides is 2. The van der Waals surface area contributed by atoms with E-state index in [1.165, 1.54) is 4.90 Å². The molecule has 5 nitrogen and oxygen atoms in total. The van der Waals surface area contributed by atoms with E-state index in [2.05, 4.69) is 9.80 Å². The van der Waals surface area contributed by atoms with Crippen LogP contribution in [0, 0.1) is 11.8 Å². The molecule has 0 saturated carbocycles. The summed E-state index contributed by atoms with van der Waals surface area (Å²) in [4.78, 5) is 16.7. The first-order valence-corrected chi connectivity index (χ1v) is 9.35. The summed E-state index contributed by atoms with van der Waals surface area (Å²) in [5.41, 5.74) is 1.70. The molecule has 4 rings (SSSR count). The van der Waals surface area contributed by atoms with Crippen LogP contribution in [0.3, 0.4) is 0 Å². The van der Waals surface area contributed by atoms with Crippen LogP contribution in [0.1, 0.15) is 30.4 Å². The summed E-state index contributed by atoms with van der Waals surface area (Å²) in [6.45, 7) is 4.88. The zero-order valence-corrected chi connectivity index (χ0v) is 14.7. The van der Waals surface area contributed by atoms with Gasteiger partial charge in [-0.15, -0.1) is 0 Å². The highest BCUT2D eigenvalue weighted by Crippen LogP contribution is 2.34. The summed E-state index contributed by atoms with van der Waals surface area (Å²) < 4.78 is 27.2. The second kappa shape index (κ2) is 7.02. The van der Waals surface area contributed by atoms with Crippen LogP contribution in [-0.2, 0) is 6.54 Å². The zero-order valence-electron chi connectivity index (χ0n) is 14.7. The van der Waals surface area contributed by atoms with Crippen molar-refractivity contribution >= 4 is 11.8 Å². The van der Waals surface area contributed by atoms with Crippen LogP contribution in [0.2, 0.25) is 0 Å². The number of halogens is 2. The second-order valence-electron chi connectivity index (χ2n) is 7.76. The monoisotopic (exact) mass is 364 g/mol. The molecule has 0 bridgehead atoms. The number of carbonyl (C=O) groups is 1. The van der Waals surface area contributed by atoms with Crippen molar-refractivity contribution < 1.29 is 18.7 Å². The zero-order chi connectivity index (χ0) is 18.3. The number of nitrogens with zero attached hydrogens (tertiary/aromatic N) is 3. The molecule has 3 heterocycles. The molecule has 1 aromatic rings. The Balaban J connectivity index is 1.44. The topological polar surface area (TPSA) is 49.9 Å². The van der Waals surface area contributed by atoms with Gasteiger partial charge >= 0.3 is 0 Å². The summed E-state index contributed by atoms with van der Waals surface area (Å²) in [5.74, 6) is 0.568. The van der Waals surface area contributed by atoms with Gasteiger partial charge in [-0.25, -0.2) is 8.78 Å². The predicted molar refractivity (Wildman–Crippen MR) is 92.1 cm³/mol. The largest absolute Gasteiger partial charge is 0.530 e. The van der Waals surface area contributed by atoms with Crippen molar-refractivity contribution in [3.8, 4) is 0 Å². The Hall–Kier alpha value is -1.89. The van der Waals surface area contributed by atoms with Gasteiger partial charge in [0.05, 0.1) is 0 Å². The third-order valence-electron chi connectivity index (χ3n) is 6.05. The van der Waals surface area contributed by atoms with Crippen LogP contribution >= 0.6 is 0 Å². The molecule has 0 aliphatic carbocycles. The fraction of sp³-hybridized carbons (Fsp3) is 0.632. The highest BCUT2D eigenvalue weighted by molar-refractivity contribution is 5.63. The Morgan fingerprint density at radius 1 is 1.12 bits per heavy atom. The fourth-order valence-electron chi connectivity index (χ4n) is 4.71. The SMILES string of the molecule is O=C([O-])N1CC2CN(Cc3ccc(N4CCCC4)cc3C(F)F)CC2C1. The molecular formula is C19H24F2N3O2-. The summed E-state index contributed by atoms with van der Waals surface area (Å²) >= 11 is 0. The van der Waals surface area contributed by atoms with E-state index in [1.807, 2.05) is 12.1 Å². The van der Waals surface area contributed by atoms with E-state index >= 15 is 0 Å². The third-order valence-corrected chi connectivity index (χ3v) is 6.05. The lowest BCUT2D eigenvalue weighted by Crippen LogP contribution is -2.41. The number of amides is 1. The average Bonchev–Trinajstić information content (AvgIpc) is 3.30. The van der Waals surface area contributed by atoms with Crippen LogP contribution in [0.5, 0.6) is 0 Å². The van der Waals surface area contributed by atoms with Gasteiger partial charge in [0.25, 0.3) is 6.43 Å². The number of anilines is 1. The van der Waals surface area contributed by atoms with Crippen LogP contribution in [-0.4, -0.2) is 55.2 Å². The molecule has 3 fully saturated rings. The minimum Gasteiger partial charge on any atom is -0.530 e. The number of likely N-dealkylation sites (tertiary alicyclic amines) is 2. The second-order valence-corrected chi connectivity index (χ2v) is 7.76. The quantitative estimate of drug-likeness (QED) is 0.819. The van der Waals surface area contributed by atoms with Crippen LogP contribution in [0.4, 0.5) is 19.3 Å². The van der Waals surface area contributed by atoms with Gasteiger partial charge in [0.15, 0.2) is 0 Å². The lowest BCUT2D eigenvalue weighted by Gasteiger charge is -2.24. The van der Waals surface area contributed by atoms with Gasteiger partial charge in [-0.3, -0.25) is 4.90 Å². The van der Waals surface area contributed by atoms with Crippen molar-refractivity contribution in [3.63, 3.8) is 0 Å². The van der Waals surface area contributed by atoms with E-state index in [4.69, 9.17) is 0 Å². The molecule has 7 heteroatoms. The molecule has 1 amide bonds. The van der Waals surface area contributed by atoms with Gasteiger partial charge in [0.1, 0.15) is 6.09 Å². The Bertz CT molecular complexity index is 665. The van der Waals surface area contributed by atoms with Crippen LogP contribution in [0.25, 0.3) is 0 Å². The van der Waals surface area contributed by atoms with Crippen LogP contribution < -0.4 is 10.0 Å². The highest BCUT2D eigenvalue weighted by atomic mass is 19.3. The van der Waals surface area contributed by atoms with E-state index in [-0.39, 0.29) is 17.4 Å². The molecule has 26 heavy (non-hydrogen) atoms. The highest BCUT2D eigenvalue weighted by Gasteiger charge is 2.40. The summed E-state index contributed by atoms with van der Waals surface area (Å²) in [5, 5.41) is 11.0. The van der Waals surface area contributed by atoms with E-state index in [9.17, 15) is 18.7 Å². The number of rotatable bonds is 4. The maximum atomic E-state index is 13.6. The van der Waals surface area contributed by atoms with Gasteiger partial charge in [-0.1, -0.05) is 6.07 Å². The Labute approximate surface area is 152 Å². The predicted octanol–water partition coefficient (Wildman–Crippen LogP) is 1.93. The van der Waals surface area contributed by atoms with E-state index < -0.39 is 12.5 Å². The minimum atomic E-state index is -2.48. The number of hydrogen-bond donors (Lipinski definition) is 0. The van der Waals surface area contributed by atoms with Crippen molar-refractivity contribution in [2.75, 3.05) is 44.2 Å². The van der Waals surface area contributed by atoms with Crippen molar-refractivity contribution in [3.05, 3.63) is 29.3 Å². The smallest absolute Gasteiger partial charge is 0.264 e. The summed E-state index contributed by atoms with van der Waals surface area (Å²) in [7, 11) is 0. The normalized spacial score (nSPS) is 26.1. The number of carboxylic acid groups (broad SMARTS) is 1. The van der Waals surface area contributed by atoms with Gasteiger partial charge in [-0.2, -0.15) is 0 Å². The molecule has 0 aromatic heterocycles. The Morgan fingerprint density at radius 3 is 2.35 bits per heavy atom. The van der Waals surface area contributed by atoms with E-state index in [0.29, 0.717) is 25.2 Å². The lowest BCUT2D eigenvalue weighted by atomic mass is 10.0. The average molecular weight is 364 g/mol. The molecule has 0 radical (unpaired) electrons. The number of fused-ring (bicyclic) bond motifs is 1. The third kappa shape index (κ3) is 3.37. The van der Waals surface area contributed by atoms with E-state index in [1.54, 1.807) is 6.07 Å². The number of benzene rings is 1. The maximum absolute atomic E-state index is 13.6. The molecule has 3 saturated heterocycles. The number of carbonyl (C=O) groups excluding carboxylic acids is 1. The van der Waals surface area contributed by atoms with E-state index in [0.717, 1.165) is 44.7 Å². The fourth-order valence-corrected chi connectivity index (χ4v) is 4.71. The van der Waals surface area contributed by atoms with Crippen molar-refractivity contribution in [1.29, 1.82) is 0 Å². The molecule has 2 unspecified atom stereocenters. The van der Waals surface area contributed by atoms with Crippen molar-refractivity contribution in [1.82, 2.24) is 9.80 Å². The Kier molecular flexibility index (Phi) is 4.73. The first kappa shape index (κ1) is 17.5. The molecule has 3 aliphatic rings. The standard InChI is InChI=1S/C19H25F2N3O2/c20-18(21)17-7-16(23-5-1-2-6-23)4-3-13(17)8-22-9-14-11-24(19(25)26)12-15(14)10-22/h3-4,7,14-15,18H,1-2,5-6,8-12H2,(H,25,26)/p-1. The van der Waals surface area contributed by atoms with Gasteiger partial charge in [0.2, 0.25) is 0 Å².